The van der Waals surface area contributed by atoms with Gasteiger partial charge in [-0.1, -0.05) is 25.1 Å². The standard InChI is InChI=1S/C19H27N/c1-13(12-20-18-5-3-2-4-6-18)19-16-8-14-7-15(10-16)11-17(19)9-14/h2-6,13-17,19-20H,7-12H2,1H3. The molecular formula is C19H27N. The van der Waals surface area contributed by atoms with Gasteiger partial charge in [-0.05, 0) is 79.7 Å². The predicted molar refractivity (Wildman–Crippen MR) is 84.6 cm³/mol. The van der Waals surface area contributed by atoms with Gasteiger partial charge in [0.2, 0.25) is 0 Å². The minimum atomic E-state index is 0.824. The SMILES string of the molecule is CC(CNc1ccccc1)C1C2CC3CC(C2)CC1C3. The van der Waals surface area contributed by atoms with Gasteiger partial charge in [-0.2, -0.15) is 0 Å². The Labute approximate surface area is 123 Å². The number of hydrogen-bond acceptors (Lipinski definition) is 1. The molecule has 4 saturated carbocycles. The molecule has 0 aromatic heterocycles. The molecule has 20 heavy (non-hydrogen) atoms. The molecule has 1 unspecified atom stereocenters. The van der Waals surface area contributed by atoms with E-state index >= 15 is 0 Å². The average molecular weight is 269 g/mol. The van der Waals surface area contributed by atoms with Gasteiger partial charge >= 0.3 is 0 Å². The second-order valence-corrected chi connectivity index (χ2v) is 7.73. The number of nitrogens with one attached hydrogen (secondary N) is 1. The zero-order chi connectivity index (χ0) is 13.5. The summed E-state index contributed by atoms with van der Waals surface area (Å²) < 4.78 is 0. The molecule has 4 aliphatic rings. The maximum atomic E-state index is 3.65. The summed E-state index contributed by atoms with van der Waals surface area (Å²) in [5, 5.41) is 3.65. The number of hydrogen-bond donors (Lipinski definition) is 1. The Hall–Kier alpha value is -0.980. The molecule has 0 heterocycles. The molecule has 1 nitrogen and oxygen atoms in total. The van der Waals surface area contributed by atoms with E-state index in [-0.39, 0.29) is 0 Å². The van der Waals surface area contributed by atoms with E-state index in [1.54, 1.807) is 32.1 Å². The van der Waals surface area contributed by atoms with Crippen LogP contribution in [0.3, 0.4) is 0 Å². The fraction of sp³-hybridized carbons (Fsp3) is 0.684. The van der Waals surface area contributed by atoms with Gasteiger partial charge in [-0.25, -0.2) is 0 Å². The van der Waals surface area contributed by atoms with Crippen LogP contribution < -0.4 is 5.32 Å². The van der Waals surface area contributed by atoms with Crippen LogP contribution in [0.15, 0.2) is 30.3 Å². The third-order valence-electron chi connectivity index (χ3n) is 6.36. The van der Waals surface area contributed by atoms with E-state index in [1.165, 1.54) is 5.69 Å². The lowest BCUT2D eigenvalue weighted by Gasteiger charge is -2.56. The average Bonchev–Trinajstić information content (AvgIpc) is 2.45. The maximum absolute atomic E-state index is 3.65. The second kappa shape index (κ2) is 5.09. The zero-order valence-corrected chi connectivity index (χ0v) is 12.6. The van der Waals surface area contributed by atoms with Gasteiger partial charge in [-0.15, -0.1) is 0 Å². The van der Waals surface area contributed by atoms with Gasteiger partial charge in [-0.3, -0.25) is 0 Å². The highest BCUT2D eigenvalue weighted by Crippen LogP contribution is 2.58. The molecule has 1 aromatic rings. The van der Waals surface area contributed by atoms with Crippen molar-refractivity contribution in [1.82, 2.24) is 0 Å². The fourth-order valence-corrected chi connectivity index (χ4v) is 5.87. The Balaban J connectivity index is 1.40. The number of anilines is 1. The third kappa shape index (κ3) is 2.25. The van der Waals surface area contributed by atoms with Crippen molar-refractivity contribution in [2.24, 2.45) is 35.5 Å². The highest BCUT2D eigenvalue weighted by Gasteiger charge is 2.49. The molecule has 0 aliphatic heterocycles. The van der Waals surface area contributed by atoms with Crippen LogP contribution in [0.25, 0.3) is 0 Å². The molecule has 1 atom stereocenters. The predicted octanol–water partition coefficient (Wildman–Crippen LogP) is 4.81. The maximum Gasteiger partial charge on any atom is 0.0340 e. The van der Waals surface area contributed by atoms with E-state index in [0.29, 0.717) is 0 Å². The minimum absolute atomic E-state index is 0.824. The molecular weight excluding hydrogens is 242 g/mol. The number of rotatable bonds is 4. The summed E-state index contributed by atoms with van der Waals surface area (Å²) in [6.07, 6.45) is 7.76. The van der Waals surface area contributed by atoms with Crippen LogP contribution in [0.1, 0.15) is 39.0 Å². The topological polar surface area (TPSA) is 12.0 Å². The van der Waals surface area contributed by atoms with Gasteiger partial charge in [0.1, 0.15) is 0 Å². The van der Waals surface area contributed by atoms with Crippen LogP contribution in [0.2, 0.25) is 0 Å². The van der Waals surface area contributed by atoms with Crippen molar-refractivity contribution in [2.45, 2.75) is 39.0 Å². The number of para-hydroxylation sites is 1. The highest BCUT2D eigenvalue weighted by atomic mass is 14.9. The van der Waals surface area contributed by atoms with Crippen molar-refractivity contribution >= 4 is 5.69 Å². The van der Waals surface area contributed by atoms with Gasteiger partial charge in [0.05, 0.1) is 0 Å². The van der Waals surface area contributed by atoms with Crippen molar-refractivity contribution in [1.29, 1.82) is 0 Å². The van der Waals surface area contributed by atoms with Gasteiger partial charge in [0, 0.05) is 12.2 Å². The van der Waals surface area contributed by atoms with E-state index in [9.17, 15) is 0 Å². The molecule has 4 aliphatic carbocycles. The van der Waals surface area contributed by atoms with Crippen LogP contribution >= 0.6 is 0 Å². The molecule has 108 valence electrons. The summed E-state index contributed by atoms with van der Waals surface area (Å²) in [5.41, 5.74) is 1.28. The highest BCUT2D eigenvalue weighted by molar-refractivity contribution is 5.42. The lowest BCUT2D eigenvalue weighted by molar-refractivity contribution is -0.0561. The van der Waals surface area contributed by atoms with Crippen LogP contribution in [-0.2, 0) is 0 Å². The van der Waals surface area contributed by atoms with E-state index in [4.69, 9.17) is 0 Å². The van der Waals surface area contributed by atoms with Crippen LogP contribution in [-0.4, -0.2) is 6.54 Å². The quantitative estimate of drug-likeness (QED) is 0.827. The largest absolute Gasteiger partial charge is 0.385 e. The Morgan fingerprint density at radius 3 is 2.15 bits per heavy atom. The lowest BCUT2D eigenvalue weighted by atomic mass is 9.50. The summed E-state index contributed by atoms with van der Waals surface area (Å²) in [6.45, 7) is 3.64. The molecule has 1 heteroatoms. The monoisotopic (exact) mass is 269 g/mol. The number of benzene rings is 1. The van der Waals surface area contributed by atoms with E-state index in [1.807, 2.05) is 0 Å². The first kappa shape index (κ1) is 12.7. The van der Waals surface area contributed by atoms with Crippen LogP contribution in [0.4, 0.5) is 5.69 Å². The normalized spacial score (nSPS) is 39.8. The fourth-order valence-electron chi connectivity index (χ4n) is 5.87. The Morgan fingerprint density at radius 1 is 0.950 bits per heavy atom. The minimum Gasteiger partial charge on any atom is -0.385 e. The third-order valence-corrected chi connectivity index (χ3v) is 6.36. The molecule has 0 amide bonds. The molecule has 0 saturated heterocycles. The van der Waals surface area contributed by atoms with Crippen molar-refractivity contribution < 1.29 is 0 Å². The Bertz CT molecular complexity index is 424. The molecule has 5 rings (SSSR count). The first-order valence-electron chi connectivity index (χ1n) is 8.58. The molecule has 4 bridgehead atoms. The van der Waals surface area contributed by atoms with Crippen molar-refractivity contribution in [2.75, 3.05) is 11.9 Å². The summed E-state index contributed by atoms with van der Waals surface area (Å²) >= 11 is 0. The van der Waals surface area contributed by atoms with E-state index < -0.39 is 0 Å². The molecule has 0 spiro atoms. The van der Waals surface area contributed by atoms with Crippen molar-refractivity contribution in [3.8, 4) is 0 Å². The van der Waals surface area contributed by atoms with Gasteiger partial charge < -0.3 is 5.32 Å². The molecule has 1 aromatic carbocycles. The molecule has 4 fully saturated rings. The Morgan fingerprint density at radius 2 is 1.55 bits per heavy atom. The van der Waals surface area contributed by atoms with Gasteiger partial charge in [0.25, 0.3) is 0 Å². The summed E-state index contributed by atoms with van der Waals surface area (Å²) in [4.78, 5) is 0. The second-order valence-electron chi connectivity index (χ2n) is 7.73. The van der Waals surface area contributed by atoms with Crippen molar-refractivity contribution in [3.05, 3.63) is 30.3 Å². The first-order chi connectivity index (χ1) is 9.79. The zero-order valence-electron chi connectivity index (χ0n) is 12.6. The van der Waals surface area contributed by atoms with Crippen molar-refractivity contribution in [3.63, 3.8) is 0 Å². The van der Waals surface area contributed by atoms with Gasteiger partial charge in [0.15, 0.2) is 0 Å². The first-order valence-corrected chi connectivity index (χ1v) is 8.58. The van der Waals surface area contributed by atoms with E-state index in [2.05, 4.69) is 42.6 Å². The lowest BCUT2D eigenvalue weighted by Crippen LogP contribution is -2.48. The summed E-state index contributed by atoms with van der Waals surface area (Å²) in [7, 11) is 0. The summed E-state index contributed by atoms with van der Waals surface area (Å²) in [5.74, 6) is 6.13. The molecule has 1 N–H and O–H groups in total. The van der Waals surface area contributed by atoms with Crippen LogP contribution in [0, 0.1) is 35.5 Å². The summed E-state index contributed by atoms with van der Waals surface area (Å²) in [6, 6.07) is 10.7. The van der Waals surface area contributed by atoms with E-state index in [0.717, 1.165) is 42.1 Å². The Kier molecular flexibility index (Phi) is 3.24. The molecule has 0 radical (unpaired) electrons. The van der Waals surface area contributed by atoms with Crippen LogP contribution in [0.5, 0.6) is 0 Å². The smallest absolute Gasteiger partial charge is 0.0340 e.